The van der Waals surface area contributed by atoms with Gasteiger partial charge in [-0.15, -0.1) is 0 Å². The molecule has 1 aliphatic rings. The molecular weight excluding hydrogens is 293 g/mol. The van der Waals surface area contributed by atoms with Gasteiger partial charge in [-0.25, -0.2) is 4.39 Å². The van der Waals surface area contributed by atoms with Crippen LogP contribution in [0.5, 0.6) is 5.75 Å². The van der Waals surface area contributed by atoms with Crippen molar-refractivity contribution < 1.29 is 13.9 Å². The maximum atomic E-state index is 13.4. The van der Waals surface area contributed by atoms with Gasteiger partial charge in [0.25, 0.3) is 0 Å². The van der Waals surface area contributed by atoms with Crippen molar-refractivity contribution in [2.24, 2.45) is 0 Å². The number of rotatable bonds is 4. The van der Waals surface area contributed by atoms with E-state index in [4.69, 9.17) is 4.74 Å². The van der Waals surface area contributed by atoms with E-state index in [1.54, 1.807) is 11.0 Å². The molecule has 23 heavy (non-hydrogen) atoms. The molecule has 0 atom stereocenters. The van der Waals surface area contributed by atoms with Crippen LogP contribution in [-0.4, -0.2) is 19.1 Å². The fraction of sp³-hybridized carbons (Fsp3) is 0.316. The predicted molar refractivity (Wildman–Crippen MR) is 88.4 cm³/mol. The molecular formula is C19H20FNO2. The Bertz CT molecular complexity index is 697. The number of aryl methyl sites for hydroxylation is 1. The van der Waals surface area contributed by atoms with Crippen molar-refractivity contribution in [3.63, 3.8) is 0 Å². The van der Waals surface area contributed by atoms with Crippen LogP contribution in [0.4, 0.5) is 10.1 Å². The first-order valence-corrected chi connectivity index (χ1v) is 7.98. The minimum atomic E-state index is -0.246. The van der Waals surface area contributed by atoms with E-state index >= 15 is 0 Å². The van der Waals surface area contributed by atoms with Crippen LogP contribution < -0.4 is 9.64 Å². The predicted octanol–water partition coefficient (Wildman–Crippen LogP) is 3.75. The third kappa shape index (κ3) is 3.52. The smallest absolute Gasteiger partial charge is 0.231 e. The Kier molecular flexibility index (Phi) is 4.60. The molecule has 0 bridgehead atoms. The third-order valence-electron chi connectivity index (χ3n) is 4.05. The number of amides is 1. The second-order valence-electron chi connectivity index (χ2n) is 5.68. The molecule has 0 N–H and O–H groups in total. The molecule has 0 aliphatic carbocycles. The summed E-state index contributed by atoms with van der Waals surface area (Å²) in [6.07, 6.45) is 2.02. The normalized spacial score (nSPS) is 13.6. The zero-order valence-corrected chi connectivity index (χ0v) is 13.2. The molecule has 2 aromatic carbocycles. The van der Waals surface area contributed by atoms with Crippen molar-refractivity contribution in [2.75, 3.05) is 18.1 Å². The summed E-state index contributed by atoms with van der Waals surface area (Å²) in [6, 6.07) is 12.3. The maximum Gasteiger partial charge on any atom is 0.231 e. The molecule has 0 saturated carbocycles. The van der Waals surface area contributed by atoms with Gasteiger partial charge in [-0.05, 0) is 61.2 Å². The molecule has 3 nitrogen and oxygen atoms in total. The summed E-state index contributed by atoms with van der Waals surface area (Å²) in [6.45, 7) is 3.25. The lowest BCUT2D eigenvalue weighted by molar-refractivity contribution is -0.118. The van der Waals surface area contributed by atoms with Gasteiger partial charge in [0.05, 0.1) is 13.0 Å². The van der Waals surface area contributed by atoms with Crippen molar-refractivity contribution in [1.82, 2.24) is 0 Å². The van der Waals surface area contributed by atoms with E-state index in [0.29, 0.717) is 19.6 Å². The van der Waals surface area contributed by atoms with Crippen LogP contribution in [0, 0.1) is 5.82 Å². The largest absolute Gasteiger partial charge is 0.494 e. The van der Waals surface area contributed by atoms with Gasteiger partial charge in [0.15, 0.2) is 0 Å². The second kappa shape index (κ2) is 6.82. The Labute approximate surface area is 135 Å². The Morgan fingerprint density at radius 1 is 1.22 bits per heavy atom. The number of hydrogen-bond donors (Lipinski definition) is 0. The summed E-state index contributed by atoms with van der Waals surface area (Å²) in [5.41, 5.74) is 2.71. The SMILES string of the molecule is CCOc1ccc(CC(=O)N2CCCc3cc(F)ccc32)cc1. The topological polar surface area (TPSA) is 29.5 Å². The van der Waals surface area contributed by atoms with Crippen molar-refractivity contribution >= 4 is 11.6 Å². The highest BCUT2D eigenvalue weighted by atomic mass is 19.1. The van der Waals surface area contributed by atoms with E-state index in [9.17, 15) is 9.18 Å². The quantitative estimate of drug-likeness (QED) is 0.860. The molecule has 2 aromatic rings. The van der Waals surface area contributed by atoms with Crippen LogP contribution in [0.2, 0.25) is 0 Å². The Morgan fingerprint density at radius 3 is 2.74 bits per heavy atom. The standard InChI is InChI=1S/C19H20FNO2/c1-2-23-17-8-5-14(6-9-17)12-19(22)21-11-3-4-15-13-16(20)7-10-18(15)21/h5-10,13H,2-4,11-12H2,1H3. The van der Waals surface area contributed by atoms with Gasteiger partial charge in [-0.2, -0.15) is 0 Å². The lowest BCUT2D eigenvalue weighted by Crippen LogP contribution is -2.36. The highest BCUT2D eigenvalue weighted by Gasteiger charge is 2.22. The number of ether oxygens (including phenoxy) is 1. The first kappa shape index (κ1) is 15.5. The fourth-order valence-electron chi connectivity index (χ4n) is 2.97. The van der Waals surface area contributed by atoms with E-state index in [0.717, 1.165) is 35.4 Å². The molecule has 0 radical (unpaired) electrons. The average Bonchev–Trinajstić information content (AvgIpc) is 2.56. The molecule has 0 fully saturated rings. The Hall–Kier alpha value is -2.36. The van der Waals surface area contributed by atoms with E-state index in [2.05, 4.69) is 0 Å². The number of anilines is 1. The zero-order chi connectivity index (χ0) is 16.2. The van der Waals surface area contributed by atoms with Gasteiger partial charge in [-0.1, -0.05) is 12.1 Å². The molecule has 4 heteroatoms. The van der Waals surface area contributed by atoms with Crippen LogP contribution in [-0.2, 0) is 17.6 Å². The van der Waals surface area contributed by atoms with Crippen LogP contribution >= 0.6 is 0 Å². The average molecular weight is 313 g/mol. The fourth-order valence-corrected chi connectivity index (χ4v) is 2.97. The maximum absolute atomic E-state index is 13.4. The minimum absolute atomic E-state index is 0.0433. The van der Waals surface area contributed by atoms with Crippen LogP contribution in [0.1, 0.15) is 24.5 Å². The lowest BCUT2D eigenvalue weighted by Gasteiger charge is -2.29. The van der Waals surface area contributed by atoms with Gasteiger partial charge in [0.2, 0.25) is 5.91 Å². The molecule has 0 aromatic heterocycles. The molecule has 120 valence electrons. The number of nitrogens with zero attached hydrogens (tertiary/aromatic N) is 1. The van der Waals surface area contributed by atoms with Crippen molar-refractivity contribution in [3.05, 3.63) is 59.4 Å². The first-order chi connectivity index (χ1) is 11.2. The molecule has 1 amide bonds. The number of carbonyl (C=O) groups is 1. The van der Waals surface area contributed by atoms with Gasteiger partial charge in [0, 0.05) is 12.2 Å². The third-order valence-corrected chi connectivity index (χ3v) is 4.05. The van der Waals surface area contributed by atoms with Crippen LogP contribution in [0.3, 0.4) is 0 Å². The number of fused-ring (bicyclic) bond motifs is 1. The molecule has 1 aliphatic heterocycles. The summed E-state index contributed by atoms with van der Waals surface area (Å²) in [5.74, 6) is 0.605. The molecule has 3 rings (SSSR count). The lowest BCUT2D eigenvalue weighted by atomic mass is 10.0. The van der Waals surface area contributed by atoms with Crippen LogP contribution in [0.15, 0.2) is 42.5 Å². The van der Waals surface area contributed by atoms with Gasteiger partial charge in [0.1, 0.15) is 11.6 Å². The molecule has 0 spiro atoms. The van der Waals surface area contributed by atoms with Crippen molar-refractivity contribution in [3.8, 4) is 5.75 Å². The summed E-state index contributed by atoms with van der Waals surface area (Å²) in [7, 11) is 0. The van der Waals surface area contributed by atoms with Gasteiger partial charge in [-0.3, -0.25) is 4.79 Å². The first-order valence-electron chi connectivity index (χ1n) is 7.98. The summed E-state index contributed by atoms with van der Waals surface area (Å²) in [5, 5.41) is 0. The minimum Gasteiger partial charge on any atom is -0.494 e. The van der Waals surface area contributed by atoms with Crippen molar-refractivity contribution in [1.29, 1.82) is 0 Å². The second-order valence-corrected chi connectivity index (χ2v) is 5.68. The molecule has 0 saturated heterocycles. The summed E-state index contributed by atoms with van der Waals surface area (Å²) in [4.78, 5) is 14.4. The number of halogens is 1. The zero-order valence-electron chi connectivity index (χ0n) is 13.2. The monoisotopic (exact) mass is 313 g/mol. The van der Waals surface area contributed by atoms with E-state index in [1.165, 1.54) is 12.1 Å². The molecule has 0 unspecified atom stereocenters. The van der Waals surface area contributed by atoms with E-state index < -0.39 is 0 Å². The molecule has 1 heterocycles. The van der Waals surface area contributed by atoms with Crippen molar-refractivity contribution in [2.45, 2.75) is 26.2 Å². The van der Waals surface area contributed by atoms with Crippen LogP contribution in [0.25, 0.3) is 0 Å². The van der Waals surface area contributed by atoms with E-state index in [1.807, 2.05) is 31.2 Å². The Balaban J connectivity index is 1.74. The highest BCUT2D eigenvalue weighted by Crippen LogP contribution is 2.28. The highest BCUT2D eigenvalue weighted by molar-refractivity contribution is 5.95. The summed E-state index contributed by atoms with van der Waals surface area (Å²) < 4.78 is 18.8. The van der Waals surface area contributed by atoms with Gasteiger partial charge >= 0.3 is 0 Å². The van der Waals surface area contributed by atoms with Gasteiger partial charge < -0.3 is 9.64 Å². The Morgan fingerprint density at radius 2 is 2.00 bits per heavy atom. The number of carbonyl (C=O) groups excluding carboxylic acids is 1. The number of benzene rings is 2. The number of hydrogen-bond acceptors (Lipinski definition) is 2. The summed E-state index contributed by atoms with van der Waals surface area (Å²) >= 11 is 0. The van der Waals surface area contributed by atoms with E-state index in [-0.39, 0.29) is 11.7 Å².